The van der Waals surface area contributed by atoms with Gasteiger partial charge in [0.1, 0.15) is 0 Å². The van der Waals surface area contributed by atoms with Gasteiger partial charge in [0.15, 0.2) is 0 Å². The molecule has 0 unspecified atom stereocenters. The van der Waals surface area contributed by atoms with Gasteiger partial charge in [-0.1, -0.05) is 6.07 Å². The number of pyridine rings is 1. The van der Waals surface area contributed by atoms with Crippen LogP contribution < -0.4 is 0 Å². The Hall–Kier alpha value is -2.16. The summed E-state index contributed by atoms with van der Waals surface area (Å²) in [5, 5.41) is 9.74. The highest BCUT2D eigenvalue weighted by Crippen LogP contribution is 2.24. The first-order valence-electron chi connectivity index (χ1n) is 5.77. The number of carboxylic acid groups (broad SMARTS) is 1. The zero-order valence-electron chi connectivity index (χ0n) is 10.7. The number of carbonyl (C=O) groups is 1. The molecule has 1 N–H and O–H groups in total. The number of aliphatic carboxylic acids is 1. The predicted molar refractivity (Wildman–Crippen MR) is 72.6 cm³/mol. The minimum Gasteiger partial charge on any atom is -0.478 e. The van der Waals surface area contributed by atoms with E-state index in [9.17, 15) is 4.79 Å². The summed E-state index contributed by atoms with van der Waals surface area (Å²) in [6, 6.07) is 6.01. The Bertz CT molecular complexity index is 652. The molecule has 0 aliphatic carbocycles. The highest BCUT2D eigenvalue weighted by atomic mass is 16.4. The SMILES string of the molecule is Cc1cc(C)c2c(/C=C/C(=O)O)cc(C)nc2c1. The van der Waals surface area contributed by atoms with Crippen LogP contribution in [0.25, 0.3) is 17.0 Å². The zero-order chi connectivity index (χ0) is 13.3. The van der Waals surface area contributed by atoms with E-state index >= 15 is 0 Å². The molecule has 0 saturated heterocycles. The lowest BCUT2D eigenvalue weighted by Crippen LogP contribution is -1.92. The molecular formula is C15H15NO2. The summed E-state index contributed by atoms with van der Waals surface area (Å²) >= 11 is 0. The fourth-order valence-corrected chi connectivity index (χ4v) is 2.22. The van der Waals surface area contributed by atoms with E-state index < -0.39 is 5.97 Å². The summed E-state index contributed by atoms with van der Waals surface area (Å²) in [6.07, 6.45) is 2.79. The molecule has 0 radical (unpaired) electrons. The zero-order valence-corrected chi connectivity index (χ0v) is 10.7. The smallest absolute Gasteiger partial charge is 0.328 e. The van der Waals surface area contributed by atoms with Crippen LogP contribution in [0.4, 0.5) is 0 Å². The molecule has 3 heteroatoms. The van der Waals surface area contributed by atoms with Gasteiger partial charge in [-0.05, 0) is 55.7 Å². The molecule has 0 aliphatic heterocycles. The van der Waals surface area contributed by atoms with E-state index in [1.807, 2.05) is 32.9 Å². The van der Waals surface area contributed by atoms with E-state index in [1.165, 1.54) is 0 Å². The van der Waals surface area contributed by atoms with Crippen molar-refractivity contribution in [1.29, 1.82) is 0 Å². The number of nitrogens with zero attached hydrogens (tertiary/aromatic N) is 1. The van der Waals surface area contributed by atoms with Gasteiger partial charge in [0, 0.05) is 17.2 Å². The number of benzene rings is 1. The van der Waals surface area contributed by atoms with Gasteiger partial charge >= 0.3 is 5.97 Å². The van der Waals surface area contributed by atoms with Gasteiger partial charge in [-0.25, -0.2) is 4.79 Å². The largest absolute Gasteiger partial charge is 0.478 e. The van der Waals surface area contributed by atoms with Crippen molar-refractivity contribution in [2.75, 3.05) is 0 Å². The standard InChI is InChI=1S/C15H15NO2/c1-9-6-10(2)15-12(4-5-14(17)18)8-11(3)16-13(15)7-9/h4-8H,1-3H3,(H,17,18)/b5-4+. The van der Waals surface area contributed by atoms with Gasteiger partial charge in [-0.3, -0.25) is 4.98 Å². The van der Waals surface area contributed by atoms with E-state index in [4.69, 9.17) is 5.11 Å². The van der Waals surface area contributed by atoms with Crippen LogP contribution in [0.3, 0.4) is 0 Å². The van der Waals surface area contributed by atoms with Crippen molar-refractivity contribution in [3.8, 4) is 0 Å². The Morgan fingerprint density at radius 1 is 1.22 bits per heavy atom. The Balaban J connectivity index is 2.76. The lowest BCUT2D eigenvalue weighted by atomic mass is 10.0. The van der Waals surface area contributed by atoms with Crippen LogP contribution in [0, 0.1) is 20.8 Å². The molecule has 0 bridgehead atoms. The van der Waals surface area contributed by atoms with Crippen LogP contribution in [0.15, 0.2) is 24.3 Å². The third-order valence-corrected chi connectivity index (χ3v) is 2.81. The van der Waals surface area contributed by atoms with Crippen molar-refractivity contribution >= 4 is 22.9 Å². The molecule has 1 aromatic carbocycles. The maximum absolute atomic E-state index is 10.6. The van der Waals surface area contributed by atoms with Crippen LogP contribution in [-0.4, -0.2) is 16.1 Å². The van der Waals surface area contributed by atoms with E-state index in [2.05, 4.69) is 11.1 Å². The number of fused-ring (bicyclic) bond motifs is 1. The molecule has 0 amide bonds. The molecular weight excluding hydrogens is 226 g/mol. The molecule has 0 aliphatic rings. The molecule has 1 heterocycles. The second-order valence-corrected chi connectivity index (χ2v) is 4.50. The summed E-state index contributed by atoms with van der Waals surface area (Å²) in [6.45, 7) is 5.96. The van der Waals surface area contributed by atoms with Crippen molar-refractivity contribution in [2.24, 2.45) is 0 Å². The normalized spacial score (nSPS) is 11.3. The second kappa shape index (κ2) is 4.61. The first kappa shape index (κ1) is 12.3. The van der Waals surface area contributed by atoms with Gasteiger partial charge in [0.25, 0.3) is 0 Å². The first-order valence-corrected chi connectivity index (χ1v) is 5.77. The van der Waals surface area contributed by atoms with Crippen molar-refractivity contribution in [3.05, 3.63) is 46.7 Å². The predicted octanol–water partition coefficient (Wildman–Crippen LogP) is 3.26. The number of hydrogen-bond acceptors (Lipinski definition) is 2. The molecule has 0 spiro atoms. The van der Waals surface area contributed by atoms with Gasteiger partial charge in [0.05, 0.1) is 5.52 Å². The maximum atomic E-state index is 10.6. The van der Waals surface area contributed by atoms with Crippen LogP contribution in [0.1, 0.15) is 22.4 Å². The van der Waals surface area contributed by atoms with Crippen LogP contribution in [0.5, 0.6) is 0 Å². The van der Waals surface area contributed by atoms with E-state index in [0.29, 0.717) is 0 Å². The molecule has 0 atom stereocenters. The minimum atomic E-state index is -0.942. The summed E-state index contributed by atoms with van der Waals surface area (Å²) < 4.78 is 0. The number of rotatable bonds is 2. The van der Waals surface area contributed by atoms with Crippen molar-refractivity contribution < 1.29 is 9.90 Å². The average molecular weight is 241 g/mol. The van der Waals surface area contributed by atoms with Crippen LogP contribution in [0.2, 0.25) is 0 Å². The first-order chi connectivity index (χ1) is 8.47. The summed E-state index contributed by atoms with van der Waals surface area (Å²) in [4.78, 5) is 15.1. The van der Waals surface area contributed by atoms with E-state index in [1.54, 1.807) is 6.08 Å². The Morgan fingerprint density at radius 2 is 1.94 bits per heavy atom. The minimum absolute atomic E-state index is 0.887. The van der Waals surface area contributed by atoms with Crippen LogP contribution >= 0.6 is 0 Å². The number of hydrogen-bond donors (Lipinski definition) is 1. The fourth-order valence-electron chi connectivity index (χ4n) is 2.22. The summed E-state index contributed by atoms with van der Waals surface area (Å²) in [7, 11) is 0. The average Bonchev–Trinajstić information content (AvgIpc) is 2.24. The Kier molecular flexibility index (Phi) is 3.15. The van der Waals surface area contributed by atoms with Crippen molar-refractivity contribution in [1.82, 2.24) is 4.98 Å². The molecule has 2 rings (SSSR count). The highest BCUT2D eigenvalue weighted by molar-refractivity contribution is 5.94. The lowest BCUT2D eigenvalue weighted by molar-refractivity contribution is -0.131. The number of aryl methyl sites for hydroxylation is 3. The molecule has 2 aromatic rings. The van der Waals surface area contributed by atoms with Crippen LogP contribution in [-0.2, 0) is 4.79 Å². The molecule has 18 heavy (non-hydrogen) atoms. The highest BCUT2D eigenvalue weighted by Gasteiger charge is 2.06. The summed E-state index contributed by atoms with van der Waals surface area (Å²) in [5.41, 5.74) is 4.97. The van der Waals surface area contributed by atoms with Gasteiger partial charge in [-0.2, -0.15) is 0 Å². The topological polar surface area (TPSA) is 50.2 Å². The molecule has 0 saturated carbocycles. The molecule has 92 valence electrons. The molecule has 0 fully saturated rings. The number of carboxylic acids is 1. The molecule has 3 nitrogen and oxygen atoms in total. The monoisotopic (exact) mass is 241 g/mol. The maximum Gasteiger partial charge on any atom is 0.328 e. The van der Waals surface area contributed by atoms with Gasteiger partial charge in [0.2, 0.25) is 0 Å². The van der Waals surface area contributed by atoms with E-state index in [-0.39, 0.29) is 0 Å². The Morgan fingerprint density at radius 3 is 2.61 bits per heavy atom. The van der Waals surface area contributed by atoms with E-state index in [0.717, 1.165) is 39.4 Å². The Labute approximate surface area is 106 Å². The lowest BCUT2D eigenvalue weighted by Gasteiger charge is -2.08. The second-order valence-electron chi connectivity index (χ2n) is 4.50. The van der Waals surface area contributed by atoms with Gasteiger partial charge < -0.3 is 5.11 Å². The van der Waals surface area contributed by atoms with Crippen molar-refractivity contribution in [2.45, 2.75) is 20.8 Å². The van der Waals surface area contributed by atoms with Crippen molar-refractivity contribution in [3.63, 3.8) is 0 Å². The third-order valence-electron chi connectivity index (χ3n) is 2.81. The molecule has 1 aromatic heterocycles. The summed E-state index contributed by atoms with van der Waals surface area (Å²) in [5.74, 6) is -0.942. The fraction of sp³-hybridized carbons (Fsp3) is 0.200. The third kappa shape index (κ3) is 2.40. The van der Waals surface area contributed by atoms with Gasteiger partial charge in [-0.15, -0.1) is 0 Å². The quantitative estimate of drug-likeness (QED) is 0.821. The number of aromatic nitrogens is 1.